The first-order valence-electron chi connectivity index (χ1n) is 5.56. The zero-order valence-corrected chi connectivity index (χ0v) is 9.49. The molecule has 0 saturated heterocycles. The fourth-order valence-corrected chi connectivity index (χ4v) is 2.14. The summed E-state index contributed by atoms with van der Waals surface area (Å²) in [6, 6.07) is 5.97. The van der Waals surface area contributed by atoms with Gasteiger partial charge in [0.05, 0.1) is 18.6 Å². The Morgan fingerprint density at radius 3 is 3.18 bits per heavy atom. The maximum absolute atomic E-state index is 11.6. The summed E-state index contributed by atoms with van der Waals surface area (Å²) in [6.45, 7) is 2.48. The molecule has 17 heavy (non-hydrogen) atoms. The van der Waals surface area contributed by atoms with Crippen molar-refractivity contribution >= 4 is 0 Å². The van der Waals surface area contributed by atoms with Gasteiger partial charge in [0, 0.05) is 17.5 Å². The lowest BCUT2D eigenvalue weighted by atomic mass is 10.0. The molecule has 4 heteroatoms. The summed E-state index contributed by atoms with van der Waals surface area (Å²) >= 11 is 0. The first kappa shape index (κ1) is 10.1. The fourth-order valence-electron chi connectivity index (χ4n) is 2.14. The number of nitrogens with one attached hydrogen (secondary N) is 1. The number of rotatable bonds is 1. The van der Waals surface area contributed by atoms with E-state index in [4.69, 9.17) is 4.74 Å². The number of ether oxygens (including phenoxy) is 1. The number of benzene rings is 1. The lowest BCUT2D eigenvalue weighted by Crippen LogP contribution is -2.11. The van der Waals surface area contributed by atoms with E-state index in [1.165, 1.54) is 11.9 Å². The van der Waals surface area contributed by atoms with E-state index in [0.29, 0.717) is 17.9 Å². The zero-order chi connectivity index (χ0) is 11.8. The maximum Gasteiger partial charge on any atom is 0.254 e. The Balaban J connectivity index is 2.26. The molecular formula is C13H12N2O2. The quantitative estimate of drug-likeness (QED) is 0.808. The average Bonchev–Trinajstić information content (AvgIpc) is 2.81. The Morgan fingerprint density at radius 2 is 2.29 bits per heavy atom. The van der Waals surface area contributed by atoms with Crippen LogP contribution in [0.4, 0.5) is 0 Å². The highest BCUT2D eigenvalue weighted by molar-refractivity contribution is 5.71. The molecule has 0 amide bonds. The van der Waals surface area contributed by atoms with Gasteiger partial charge in [-0.15, -0.1) is 0 Å². The molecule has 0 bridgehead atoms. The molecule has 1 aliphatic heterocycles. The van der Waals surface area contributed by atoms with Crippen molar-refractivity contribution in [1.82, 2.24) is 9.97 Å². The number of para-hydroxylation sites is 1. The normalized spacial score (nSPS) is 13.2. The van der Waals surface area contributed by atoms with E-state index < -0.39 is 0 Å². The summed E-state index contributed by atoms with van der Waals surface area (Å²) in [6.07, 6.45) is 2.35. The standard InChI is InChI=1S/C13H12N2O2/c1-8-11(14-7-15-13(8)16)10-4-2-3-9-5-6-17-12(9)10/h2-4,7H,5-6H2,1H3,(H,14,15,16). The molecule has 0 spiro atoms. The van der Waals surface area contributed by atoms with E-state index in [1.54, 1.807) is 6.92 Å². The number of fused-ring (bicyclic) bond motifs is 1. The van der Waals surface area contributed by atoms with Crippen molar-refractivity contribution in [2.75, 3.05) is 6.61 Å². The SMILES string of the molecule is Cc1c(-c2cccc3c2OCC3)nc[nH]c1=O. The molecule has 86 valence electrons. The van der Waals surface area contributed by atoms with Crippen LogP contribution in [0.5, 0.6) is 5.75 Å². The van der Waals surface area contributed by atoms with E-state index in [1.807, 2.05) is 18.2 Å². The molecule has 0 saturated carbocycles. The third-order valence-electron chi connectivity index (χ3n) is 3.05. The summed E-state index contributed by atoms with van der Waals surface area (Å²) in [4.78, 5) is 18.4. The second-order valence-electron chi connectivity index (χ2n) is 4.10. The van der Waals surface area contributed by atoms with Gasteiger partial charge in [-0.3, -0.25) is 4.79 Å². The largest absolute Gasteiger partial charge is 0.492 e. The Bertz CT molecular complexity index is 632. The van der Waals surface area contributed by atoms with Gasteiger partial charge in [-0.1, -0.05) is 12.1 Å². The molecule has 0 unspecified atom stereocenters. The first-order chi connectivity index (χ1) is 8.27. The monoisotopic (exact) mass is 228 g/mol. The molecule has 2 heterocycles. The van der Waals surface area contributed by atoms with Crippen LogP contribution in [-0.2, 0) is 6.42 Å². The summed E-state index contributed by atoms with van der Waals surface area (Å²) < 4.78 is 5.63. The zero-order valence-electron chi connectivity index (χ0n) is 9.49. The van der Waals surface area contributed by atoms with Gasteiger partial charge in [0.25, 0.3) is 5.56 Å². The number of H-pyrrole nitrogens is 1. The highest BCUT2D eigenvalue weighted by Gasteiger charge is 2.19. The Kier molecular flexibility index (Phi) is 2.21. The van der Waals surface area contributed by atoms with Crippen molar-refractivity contribution in [2.45, 2.75) is 13.3 Å². The van der Waals surface area contributed by atoms with Crippen LogP contribution >= 0.6 is 0 Å². The van der Waals surface area contributed by atoms with Crippen LogP contribution in [0.15, 0.2) is 29.3 Å². The predicted octanol–water partition coefficient (Wildman–Crippen LogP) is 1.68. The van der Waals surface area contributed by atoms with E-state index in [9.17, 15) is 4.79 Å². The van der Waals surface area contributed by atoms with Crippen LogP contribution in [0.3, 0.4) is 0 Å². The average molecular weight is 228 g/mol. The molecule has 0 fully saturated rings. The highest BCUT2D eigenvalue weighted by Crippen LogP contribution is 2.36. The van der Waals surface area contributed by atoms with Crippen LogP contribution in [-0.4, -0.2) is 16.6 Å². The number of hydrogen-bond acceptors (Lipinski definition) is 3. The van der Waals surface area contributed by atoms with Gasteiger partial charge in [-0.05, 0) is 18.6 Å². The number of aromatic nitrogens is 2. The lowest BCUT2D eigenvalue weighted by Gasteiger charge is -2.08. The number of hydrogen-bond donors (Lipinski definition) is 1. The van der Waals surface area contributed by atoms with Crippen LogP contribution in [0, 0.1) is 6.92 Å². The molecular weight excluding hydrogens is 216 g/mol. The van der Waals surface area contributed by atoms with Crippen molar-refractivity contribution in [3.8, 4) is 17.0 Å². The first-order valence-corrected chi connectivity index (χ1v) is 5.56. The van der Waals surface area contributed by atoms with Crippen LogP contribution < -0.4 is 10.3 Å². The number of aromatic amines is 1. The molecule has 0 radical (unpaired) electrons. The molecule has 4 nitrogen and oxygen atoms in total. The van der Waals surface area contributed by atoms with Crippen LogP contribution in [0.25, 0.3) is 11.3 Å². The second-order valence-corrected chi connectivity index (χ2v) is 4.10. The highest BCUT2D eigenvalue weighted by atomic mass is 16.5. The minimum absolute atomic E-state index is 0.106. The third-order valence-corrected chi connectivity index (χ3v) is 3.05. The predicted molar refractivity (Wildman–Crippen MR) is 64.2 cm³/mol. The molecule has 1 aliphatic rings. The topological polar surface area (TPSA) is 55.0 Å². The minimum Gasteiger partial charge on any atom is -0.492 e. The van der Waals surface area contributed by atoms with Crippen molar-refractivity contribution in [3.63, 3.8) is 0 Å². The smallest absolute Gasteiger partial charge is 0.254 e. The molecule has 1 aromatic carbocycles. The van der Waals surface area contributed by atoms with E-state index in [2.05, 4.69) is 9.97 Å². The van der Waals surface area contributed by atoms with Crippen LogP contribution in [0.2, 0.25) is 0 Å². The molecule has 0 aliphatic carbocycles. The van der Waals surface area contributed by atoms with Gasteiger partial charge in [0.1, 0.15) is 5.75 Å². The summed E-state index contributed by atoms with van der Waals surface area (Å²) in [7, 11) is 0. The van der Waals surface area contributed by atoms with Gasteiger partial charge < -0.3 is 9.72 Å². The van der Waals surface area contributed by atoms with Gasteiger partial charge in [0.2, 0.25) is 0 Å². The van der Waals surface area contributed by atoms with Crippen molar-refractivity contribution in [1.29, 1.82) is 0 Å². The Morgan fingerprint density at radius 1 is 1.41 bits per heavy atom. The van der Waals surface area contributed by atoms with E-state index in [0.717, 1.165) is 17.7 Å². The van der Waals surface area contributed by atoms with Crippen molar-refractivity contribution in [3.05, 3.63) is 46.0 Å². The van der Waals surface area contributed by atoms with Gasteiger partial charge in [0.15, 0.2) is 0 Å². The summed E-state index contributed by atoms with van der Waals surface area (Å²) in [5.74, 6) is 0.869. The summed E-state index contributed by atoms with van der Waals surface area (Å²) in [5.41, 5.74) is 3.31. The maximum atomic E-state index is 11.6. The van der Waals surface area contributed by atoms with Crippen molar-refractivity contribution < 1.29 is 4.74 Å². The molecule has 1 aromatic heterocycles. The molecule has 1 N–H and O–H groups in total. The number of nitrogens with zero attached hydrogens (tertiary/aromatic N) is 1. The lowest BCUT2D eigenvalue weighted by molar-refractivity contribution is 0.358. The summed E-state index contributed by atoms with van der Waals surface area (Å²) in [5, 5.41) is 0. The molecule has 0 atom stereocenters. The minimum atomic E-state index is -0.106. The Labute approximate surface area is 98.3 Å². The molecule has 2 aromatic rings. The van der Waals surface area contributed by atoms with Crippen LogP contribution in [0.1, 0.15) is 11.1 Å². The second kappa shape index (κ2) is 3.73. The van der Waals surface area contributed by atoms with Gasteiger partial charge in [-0.25, -0.2) is 4.98 Å². The van der Waals surface area contributed by atoms with E-state index in [-0.39, 0.29) is 5.56 Å². The fraction of sp³-hybridized carbons (Fsp3) is 0.231. The van der Waals surface area contributed by atoms with E-state index >= 15 is 0 Å². The van der Waals surface area contributed by atoms with Gasteiger partial charge in [-0.2, -0.15) is 0 Å². The molecule has 3 rings (SSSR count). The third kappa shape index (κ3) is 1.53. The Hall–Kier alpha value is -2.10. The van der Waals surface area contributed by atoms with Crippen molar-refractivity contribution in [2.24, 2.45) is 0 Å². The van der Waals surface area contributed by atoms with Gasteiger partial charge >= 0.3 is 0 Å².